The van der Waals surface area contributed by atoms with Gasteiger partial charge >= 0.3 is 5.97 Å². The van der Waals surface area contributed by atoms with E-state index in [0.717, 1.165) is 13.1 Å². The zero-order chi connectivity index (χ0) is 33.6. The van der Waals surface area contributed by atoms with Crippen LogP contribution in [0.4, 0.5) is 0 Å². The number of hydrogen-bond donors (Lipinski definition) is 2. The van der Waals surface area contributed by atoms with Crippen LogP contribution in [0.15, 0.2) is 25.3 Å². The lowest BCUT2D eigenvalue weighted by Gasteiger charge is -2.41. The second kappa shape index (κ2) is 16.2. The number of alkyl halides is 1. The molecule has 4 aliphatic heterocycles. The van der Waals surface area contributed by atoms with E-state index in [4.69, 9.17) is 14.2 Å². The average Bonchev–Trinajstić information content (AvgIpc) is 3.64. The SMILES string of the molecule is C=CCCC(=O)NC[C@H](C)OC(=O)[C@H]1[C@@H]2O[C@@]3(CC2Br)[C@@H]1C(=O)N([C@@H](CO)[C@@H](C)CC)[C@@H]3C(=O)N(CC=C)CCN1CCOCC1. The Morgan fingerprint density at radius 2 is 1.96 bits per heavy atom. The lowest BCUT2D eigenvalue weighted by Crippen LogP contribution is -2.60. The Morgan fingerprint density at radius 1 is 1.24 bits per heavy atom. The highest BCUT2D eigenvalue weighted by molar-refractivity contribution is 9.09. The molecule has 46 heavy (non-hydrogen) atoms. The second-order valence-electron chi connectivity index (χ2n) is 13.0. The summed E-state index contributed by atoms with van der Waals surface area (Å²) in [6.45, 7) is 17.0. The number of ether oxygens (including phenoxy) is 3. The first-order valence-corrected chi connectivity index (χ1v) is 17.5. The number of aliphatic hydroxyl groups excluding tert-OH is 1. The molecule has 0 aliphatic carbocycles. The monoisotopic (exact) mass is 710 g/mol. The summed E-state index contributed by atoms with van der Waals surface area (Å²) in [4.78, 5) is 60.3. The van der Waals surface area contributed by atoms with Gasteiger partial charge in [0.15, 0.2) is 0 Å². The van der Waals surface area contributed by atoms with Gasteiger partial charge in [0, 0.05) is 44.0 Å². The van der Waals surface area contributed by atoms with Crippen LogP contribution in [0.5, 0.6) is 0 Å². The first-order chi connectivity index (χ1) is 22.0. The topological polar surface area (TPSA) is 138 Å². The van der Waals surface area contributed by atoms with Gasteiger partial charge in [0.05, 0.1) is 50.3 Å². The van der Waals surface area contributed by atoms with E-state index in [1.54, 1.807) is 24.0 Å². The predicted molar refractivity (Wildman–Crippen MR) is 175 cm³/mol. The van der Waals surface area contributed by atoms with Crippen molar-refractivity contribution in [3.8, 4) is 0 Å². The van der Waals surface area contributed by atoms with Gasteiger partial charge in [-0.05, 0) is 25.7 Å². The van der Waals surface area contributed by atoms with E-state index in [9.17, 15) is 24.3 Å². The van der Waals surface area contributed by atoms with Gasteiger partial charge in [0.25, 0.3) is 0 Å². The molecule has 12 nitrogen and oxygen atoms in total. The maximum Gasteiger partial charge on any atom is 0.312 e. The molecule has 0 aromatic carbocycles. The average molecular weight is 712 g/mol. The van der Waals surface area contributed by atoms with Crippen LogP contribution < -0.4 is 5.32 Å². The third-order valence-electron chi connectivity index (χ3n) is 10.0. The van der Waals surface area contributed by atoms with Crippen molar-refractivity contribution in [1.29, 1.82) is 0 Å². The van der Waals surface area contributed by atoms with Gasteiger partial charge in [-0.25, -0.2) is 0 Å². The molecule has 1 spiro atoms. The summed E-state index contributed by atoms with van der Waals surface area (Å²) < 4.78 is 17.9. The highest BCUT2D eigenvalue weighted by atomic mass is 79.9. The molecule has 3 amide bonds. The van der Waals surface area contributed by atoms with Crippen molar-refractivity contribution in [3.05, 3.63) is 25.3 Å². The van der Waals surface area contributed by atoms with Crippen LogP contribution in [0.25, 0.3) is 0 Å². The number of aliphatic hydroxyl groups is 1. The molecule has 0 aromatic rings. The zero-order valence-corrected chi connectivity index (χ0v) is 29.0. The molecular weight excluding hydrogens is 660 g/mol. The Morgan fingerprint density at radius 3 is 2.59 bits per heavy atom. The van der Waals surface area contributed by atoms with E-state index in [2.05, 4.69) is 39.3 Å². The fourth-order valence-corrected chi connectivity index (χ4v) is 8.34. The summed E-state index contributed by atoms with van der Waals surface area (Å²) in [5, 5.41) is 13.4. The van der Waals surface area contributed by atoms with Gasteiger partial charge in [0.2, 0.25) is 17.7 Å². The summed E-state index contributed by atoms with van der Waals surface area (Å²) in [7, 11) is 0. The molecule has 4 saturated heterocycles. The normalized spacial score (nSPS) is 30.8. The van der Waals surface area contributed by atoms with E-state index < -0.39 is 47.7 Å². The number of hydrogen-bond acceptors (Lipinski definition) is 9. The molecule has 2 N–H and O–H groups in total. The Bertz CT molecular complexity index is 1130. The molecule has 4 fully saturated rings. The number of carbonyl (C=O) groups is 4. The van der Waals surface area contributed by atoms with Gasteiger partial charge in [0.1, 0.15) is 17.7 Å². The number of allylic oxidation sites excluding steroid dienone is 1. The van der Waals surface area contributed by atoms with Crippen molar-refractivity contribution in [2.75, 3.05) is 59.1 Å². The summed E-state index contributed by atoms with van der Waals surface area (Å²) in [5.41, 5.74) is -1.28. The Balaban J connectivity index is 1.63. The molecule has 2 bridgehead atoms. The molecule has 0 aromatic heterocycles. The van der Waals surface area contributed by atoms with Gasteiger partial charge < -0.3 is 34.4 Å². The first-order valence-electron chi connectivity index (χ1n) is 16.6. The number of nitrogens with zero attached hydrogens (tertiary/aromatic N) is 3. The molecule has 1 unspecified atom stereocenters. The van der Waals surface area contributed by atoms with Crippen LogP contribution in [0.1, 0.15) is 46.5 Å². The molecular formula is C33H51BrN4O8. The minimum atomic E-state index is -1.28. The summed E-state index contributed by atoms with van der Waals surface area (Å²) in [6, 6.07) is -1.68. The zero-order valence-electron chi connectivity index (χ0n) is 27.4. The molecule has 258 valence electrons. The summed E-state index contributed by atoms with van der Waals surface area (Å²) in [6.07, 6.45) is 3.86. The van der Waals surface area contributed by atoms with E-state index >= 15 is 0 Å². The number of carbonyl (C=O) groups excluding carboxylic acids is 4. The number of halogens is 1. The molecule has 4 heterocycles. The number of esters is 1. The lowest BCUT2D eigenvalue weighted by molar-refractivity contribution is -0.160. The number of likely N-dealkylation sites (tertiary alicyclic amines) is 1. The lowest BCUT2D eigenvalue weighted by atomic mass is 9.70. The molecule has 4 aliphatic rings. The van der Waals surface area contributed by atoms with Gasteiger partial charge in [-0.1, -0.05) is 48.4 Å². The number of nitrogens with one attached hydrogen (secondary N) is 1. The van der Waals surface area contributed by atoms with Crippen LogP contribution in [0, 0.1) is 17.8 Å². The van der Waals surface area contributed by atoms with Crippen molar-refractivity contribution in [2.24, 2.45) is 17.8 Å². The maximum atomic E-state index is 14.7. The summed E-state index contributed by atoms with van der Waals surface area (Å²) in [5.74, 6) is -3.46. The standard InChI is InChI=1S/C33H51BrN4O8/c1-6-9-10-25(40)35-19-22(5)45-32(43)26-27-30(41)38(24(20-39)21(4)8-3)29(33(27)18-23(34)28(26)46-33)31(42)37(11-7-2)13-12-36-14-16-44-17-15-36/h6-7,21-24,26-29,39H,1-2,8-20H2,3-5H3,(H,35,40)/t21-,22-,23?,24-,26+,27-,28+,29+,33-/m0/s1. The molecule has 0 radical (unpaired) electrons. The van der Waals surface area contributed by atoms with Crippen molar-refractivity contribution >= 4 is 39.6 Å². The van der Waals surface area contributed by atoms with E-state index in [1.165, 1.54) is 4.90 Å². The number of amides is 3. The number of rotatable bonds is 17. The largest absolute Gasteiger partial charge is 0.460 e. The second-order valence-corrected chi connectivity index (χ2v) is 14.1. The highest BCUT2D eigenvalue weighted by Gasteiger charge is 2.77. The van der Waals surface area contributed by atoms with Crippen molar-refractivity contribution in [2.45, 2.75) is 81.2 Å². The van der Waals surface area contributed by atoms with Crippen LogP contribution >= 0.6 is 15.9 Å². The molecule has 0 saturated carbocycles. The fraction of sp³-hybridized carbons (Fsp3) is 0.758. The third-order valence-corrected chi connectivity index (χ3v) is 10.9. The third kappa shape index (κ3) is 7.38. The quantitative estimate of drug-likeness (QED) is 0.131. The summed E-state index contributed by atoms with van der Waals surface area (Å²) >= 11 is 3.70. The van der Waals surface area contributed by atoms with Gasteiger partial charge in [-0.3, -0.25) is 24.1 Å². The van der Waals surface area contributed by atoms with E-state index in [0.29, 0.717) is 45.6 Å². The maximum absolute atomic E-state index is 14.7. The van der Waals surface area contributed by atoms with E-state index in [1.807, 2.05) is 13.8 Å². The van der Waals surface area contributed by atoms with Crippen LogP contribution in [-0.2, 0) is 33.4 Å². The highest BCUT2D eigenvalue weighted by Crippen LogP contribution is 2.61. The Hall–Kier alpha value is -2.32. The Kier molecular flexibility index (Phi) is 12.8. The van der Waals surface area contributed by atoms with E-state index in [-0.39, 0.29) is 54.6 Å². The minimum absolute atomic E-state index is 0.118. The van der Waals surface area contributed by atoms with Gasteiger partial charge in [-0.2, -0.15) is 0 Å². The van der Waals surface area contributed by atoms with Crippen molar-refractivity contribution < 1.29 is 38.5 Å². The van der Waals surface area contributed by atoms with Crippen molar-refractivity contribution in [1.82, 2.24) is 20.0 Å². The fourth-order valence-electron chi connectivity index (χ4n) is 7.39. The number of fused-ring (bicyclic) bond motifs is 1. The predicted octanol–water partition coefficient (Wildman–Crippen LogP) is 1.50. The molecule has 4 rings (SSSR count). The van der Waals surface area contributed by atoms with Crippen molar-refractivity contribution in [3.63, 3.8) is 0 Å². The van der Waals surface area contributed by atoms with Gasteiger partial charge in [-0.15, -0.1) is 13.2 Å². The first kappa shape index (κ1) is 36.5. The van der Waals surface area contributed by atoms with Crippen LogP contribution in [0.3, 0.4) is 0 Å². The smallest absolute Gasteiger partial charge is 0.312 e. The van der Waals surface area contributed by atoms with Crippen LogP contribution in [-0.4, -0.2) is 137 Å². The minimum Gasteiger partial charge on any atom is -0.460 e. The molecule has 13 heteroatoms. The Labute approximate surface area is 280 Å². The molecule has 9 atom stereocenters. The number of morpholine rings is 1. The van der Waals surface area contributed by atoms with Crippen LogP contribution in [0.2, 0.25) is 0 Å².